The molecule has 2 aromatic carbocycles. The fourth-order valence-electron chi connectivity index (χ4n) is 4.58. The van der Waals surface area contributed by atoms with Gasteiger partial charge in [-0.1, -0.05) is 60.7 Å². The highest BCUT2D eigenvalue weighted by atomic mass is 16.6. The molecular weight excluding hydrogens is 442 g/mol. The predicted molar refractivity (Wildman–Crippen MR) is 133 cm³/mol. The van der Waals surface area contributed by atoms with Gasteiger partial charge in [0.2, 0.25) is 0 Å². The van der Waals surface area contributed by atoms with Gasteiger partial charge in [-0.2, -0.15) is 0 Å². The van der Waals surface area contributed by atoms with Crippen molar-refractivity contribution in [1.82, 2.24) is 19.5 Å². The topological polar surface area (TPSA) is 91.2 Å². The van der Waals surface area contributed by atoms with Gasteiger partial charge in [-0.05, 0) is 30.9 Å². The molecule has 35 heavy (non-hydrogen) atoms. The molecule has 8 nitrogen and oxygen atoms in total. The first-order valence-corrected chi connectivity index (χ1v) is 11.9. The first kappa shape index (κ1) is 23.0. The van der Waals surface area contributed by atoms with E-state index in [4.69, 9.17) is 9.47 Å². The number of imidazole rings is 1. The molecule has 1 saturated heterocycles. The van der Waals surface area contributed by atoms with Crippen LogP contribution >= 0.6 is 0 Å². The highest BCUT2D eigenvalue weighted by molar-refractivity contribution is 5.83. The smallest absolute Gasteiger partial charge is 0.302 e. The minimum atomic E-state index is -0.298. The maximum Gasteiger partial charge on any atom is 0.302 e. The number of benzene rings is 2. The van der Waals surface area contributed by atoms with Gasteiger partial charge in [-0.3, -0.25) is 9.36 Å². The summed E-state index contributed by atoms with van der Waals surface area (Å²) in [5.74, 6) is 1.23. The Morgan fingerprint density at radius 2 is 1.77 bits per heavy atom. The Morgan fingerprint density at radius 1 is 1.09 bits per heavy atom. The summed E-state index contributed by atoms with van der Waals surface area (Å²) in [4.78, 5) is 25.1. The second kappa shape index (κ2) is 10.2. The Balaban J connectivity index is 1.38. The van der Waals surface area contributed by atoms with E-state index >= 15 is 0 Å². The van der Waals surface area contributed by atoms with Crippen LogP contribution in [0.15, 0.2) is 67.0 Å². The first-order chi connectivity index (χ1) is 17.1. The lowest BCUT2D eigenvalue weighted by atomic mass is 9.91. The Bertz CT molecular complexity index is 1250. The van der Waals surface area contributed by atoms with Gasteiger partial charge in [-0.25, -0.2) is 15.0 Å². The zero-order valence-electron chi connectivity index (χ0n) is 19.9. The number of nitrogens with one attached hydrogen (secondary N) is 1. The fourth-order valence-corrected chi connectivity index (χ4v) is 4.58. The number of hydrogen-bond acceptors (Lipinski definition) is 7. The Kier molecular flexibility index (Phi) is 6.72. The highest BCUT2D eigenvalue weighted by Gasteiger charge is 2.29. The van der Waals surface area contributed by atoms with Crippen LogP contribution < -0.4 is 5.32 Å². The molecule has 0 aliphatic carbocycles. The van der Waals surface area contributed by atoms with Crippen molar-refractivity contribution in [2.45, 2.75) is 44.9 Å². The summed E-state index contributed by atoms with van der Waals surface area (Å²) in [5, 5.41) is 3.55. The SMILES string of the molecule is CC(=O)OCC1CCC(n2cnc3c(NCC(c4ccccc4)c4ccccc4)nc(C)nc32)O1. The minimum absolute atomic E-state index is 0.126. The van der Waals surface area contributed by atoms with Crippen molar-refractivity contribution < 1.29 is 14.3 Å². The van der Waals surface area contributed by atoms with Crippen molar-refractivity contribution in [2.75, 3.05) is 18.5 Å². The van der Waals surface area contributed by atoms with Crippen LogP contribution in [0.5, 0.6) is 0 Å². The van der Waals surface area contributed by atoms with E-state index in [2.05, 4.69) is 68.8 Å². The molecule has 0 saturated carbocycles. The molecule has 2 unspecified atom stereocenters. The predicted octanol–water partition coefficient (Wildman–Crippen LogP) is 4.62. The molecule has 2 aromatic heterocycles. The van der Waals surface area contributed by atoms with Gasteiger partial charge in [0, 0.05) is 19.4 Å². The van der Waals surface area contributed by atoms with Gasteiger partial charge >= 0.3 is 5.97 Å². The van der Waals surface area contributed by atoms with Gasteiger partial charge in [0.05, 0.1) is 12.4 Å². The molecule has 1 N–H and O–H groups in total. The summed E-state index contributed by atoms with van der Waals surface area (Å²) < 4.78 is 13.2. The number of nitrogens with zero attached hydrogens (tertiary/aromatic N) is 4. The Labute approximate surface area is 204 Å². The standard InChI is InChI=1S/C27H29N5O3/c1-18-30-26(28-15-23(20-9-5-3-6-10-20)21-11-7-4-8-12-21)25-27(31-18)32(17-29-25)24-14-13-22(35-24)16-34-19(2)33/h3-12,17,22-24H,13-16H2,1-2H3,(H,28,30,31). The summed E-state index contributed by atoms with van der Waals surface area (Å²) in [7, 11) is 0. The van der Waals surface area contributed by atoms with E-state index in [1.807, 2.05) is 23.6 Å². The van der Waals surface area contributed by atoms with E-state index in [0.29, 0.717) is 23.7 Å². The number of aryl methyl sites for hydroxylation is 1. The van der Waals surface area contributed by atoms with Crippen molar-refractivity contribution in [1.29, 1.82) is 0 Å². The maximum atomic E-state index is 11.1. The van der Waals surface area contributed by atoms with Crippen LogP contribution in [0, 0.1) is 6.92 Å². The van der Waals surface area contributed by atoms with Gasteiger partial charge in [0.25, 0.3) is 0 Å². The number of carbonyl (C=O) groups excluding carboxylic acids is 1. The van der Waals surface area contributed by atoms with E-state index in [9.17, 15) is 4.79 Å². The summed E-state index contributed by atoms with van der Waals surface area (Å²) in [6.07, 6.45) is 3.04. The number of hydrogen-bond donors (Lipinski definition) is 1. The Hall–Kier alpha value is -3.78. The van der Waals surface area contributed by atoms with Crippen LogP contribution in [-0.4, -0.2) is 44.7 Å². The van der Waals surface area contributed by atoms with Crippen LogP contribution in [0.2, 0.25) is 0 Å². The summed E-state index contributed by atoms with van der Waals surface area (Å²) in [6.45, 7) is 4.22. The monoisotopic (exact) mass is 471 g/mol. The fraction of sp³-hybridized carbons (Fsp3) is 0.333. The molecular formula is C27H29N5O3. The molecule has 180 valence electrons. The lowest BCUT2D eigenvalue weighted by Crippen LogP contribution is -2.18. The third kappa shape index (κ3) is 5.17. The summed E-state index contributed by atoms with van der Waals surface area (Å²) >= 11 is 0. The van der Waals surface area contributed by atoms with E-state index in [-0.39, 0.29) is 30.8 Å². The number of esters is 1. The van der Waals surface area contributed by atoms with Gasteiger partial charge < -0.3 is 14.8 Å². The lowest BCUT2D eigenvalue weighted by molar-refractivity contribution is -0.145. The zero-order chi connectivity index (χ0) is 24.2. The van der Waals surface area contributed by atoms with E-state index in [0.717, 1.165) is 18.5 Å². The summed E-state index contributed by atoms with van der Waals surface area (Å²) in [6, 6.07) is 20.9. The molecule has 0 bridgehead atoms. The minimum Gasteiger partial charge on any atom is -0.463 e. The normalized spacial score (nSPS) is 17.7. The molecule has 5 rings (SSSR count). The molecule has 1 aliphatic heterocycles. The lowest BCUT2D eigenvalue weighted by Gasteiger charge is -2.19. The number of fused-ring (bicyclic) bond motifs is 1. The second-order valence-electron chi connectivity index (χ2n) is 8.79. The van der Waals surface area contributed by atoms with Gasteiger partial charge in [0.1, 0.15) is 18.7 Å². The van der Waals surface area contributed by atoms with Crippen molar-refractivity contribution in [3.05, 3.63) is 83.9 Å². The average Bonchev–Trinajstić information content (AvgIpc) is 3.51. The van der Waals surface area contributed by atoms with Crippen LogP contribution in [0.1, 0.15) is 48.9 Å². The molecule has 1 aliphatic rings. The molecule has 2 atom stereocenters. The number of anilines is 1. The van der Waals surface area contributed by atoms with E-state index in [1.54, 1.807) is 6.33 Å². The average molecular weight is 472 g/mol. The highest BCUT2D eigenvalue weighted by Crippen LogP contribution is 2.32. The van der Waals surface area contributed by atoms with Crippen LogP contribution in [0.4, 0.5) is 5.82 Å². The number of rotatable bonds is 8. The number of aromatic nitrogens is 4. The van der Waals surface area contributed by atoms with Crippen LogP contribution in [0.3, 0.4) is 0 Å². The molecule has 0 radical (unpaired) electrons. The third-order valence-electron chi connectivity index (χ3n) is 6.28. The van der Waals surface area contributed by atoms with Gasteiger partial charge in [0.15, 0.2) is 17.0 Å². The number of ether oxygens (including phenoxy) is 2. The van der Waals surface area contributed by atoms with Crippen molar-refractivity contribution in [3.63, 3.8) is 0 Å². The molecule has 8 heteroatoms. The molecule has 0 spiro atoms. The zero-order valence-corrected chi connectivity index (χ0v) is 19.9. The molecule has 3 heterocycles. The molecule has 0 amide bonds. The van der Waals surface area contributed by atoms with Crippen LogP contribution in [-0.2, 0) is 14.3 Å². The second-order valence-corrected chi connectivity index (χ2v) is 8.79. The molecule has 4 aromatic rings. The number of carbonyl (C=O) groups is 1. The quantitative estimate of drug-likeness (QED) is 0.375. The molecule has 1 fully saturated rings. The van der Waals surface area contributed by atoms with E-state index < -0.39 is 0 Å². The van der Waals surface area contributed by atoms with Crippen molar-refractivity contribution >= 4 is 23.0 Å². The maximum absolute atomic E-state index is 11.1. The first-order valence-electron chi connectivity index (χ1n) is 11.9. The van der Waals surface area contributed by atoms with Gasteiger partial charge in [-0.15, -0.1) is 0 Å². The third-order valence-corrected chi connectivity index (χ3v) is 6.28. The largest absolute Gasteiger partial charge is 0.463 e. The van der Waals surface area contributed by atoms with E-state index in [1.165, 1.54) is 18.1 Å². The van der Waals surface area contributed by atoms with Crippen molar-refractivity contribution in [2.24, 2.45) is 0 Å². The van der Waals surface area contributed by atoms with Crippen molar-refractivity contribution in [3.8, 4) is 0 Å². The van der Waals surface area contributed by atoms with Crippen LogP contribution in [0.25, 0.3) is 11.2 Å². The Morgan fingerprint density at radius 3 is 2.43 bits per heavy atom. The summed E-state index contributed by atoms with van der Waals surface area (Å²) in [5.41, 5.74) is 3.91.